The molecule has 1 aliphatic carbocycles. The Labute approximate surface area is 214 Å². The van der Waals surface area contributed by atoms with Gasteiger partial charge in [-0.05, 0) is 62.4 Å². The first-order valence-electron chi connectivity index (χ1n) is 13.3. The molecule has 0 spiro atoms. The van der Waals surface area contributed by atoms with E-state index in [1.165, 1.54) is 29.4 Å². The maximum Gasteiger partial charge on any atom is 0.336 e. The van der Waals surface area contributed by atoms with Crippen LogP contribution in [0.25, 0.3) is 10.9 Å². The van der Waals surface area contributed by atoms with Crippen LogP contribution in [0.5, 0.6) is 0 Å². The SMILES string of the molecule is C=CCN1CCC[C@@H]2c3cccc4c3c(c(COCc3ccccc3)n4NC(=O)N(CC)CC)C[C@H]21. The highest BCUT2D eigenvalue weighted by Crippen LogP contribution is 2.45. The van der Waals surface area contributed by atoms with Gasteiger partial charge >= 0.3 is 6.03 Å². The van der Waals surface area contributed by atoms with Gasteiger partial charge in [-0.15, -0.1) is 6.58 Å². The van der Waals surface area contributed by atoms with Crippen molar-refractivity contribution in [2.45, 2.75) is 58.3 Å². The molecule has 0 radical (unpaired) electrons. The number of carbonyl (C=O) groups excluding carboxylic acids is 1. The van der Waals surface area contributed by atoms with Gasteiger partial charge in [0, 0.05) is 37.0 Å². The summed E-state index contributed by atoms with van der Waals surface area (Å²) < 4.78 is 8.28. The molecule has 2 heterocycles. The number of hydrogen-bond donors (Lipinski definition) is 1. The predicted molar refractivity (Wildman–Crippen MR) is 146 cm³/mol. The summed E-state index contributed by atoms with van der Waals surface area (Å²) in [4.78, 5) is 17.6. The zero-order valence-corrected chi connectivity index (χ0v) is 21.6. The first-order valence-corrected chi connectivity index (χ1v) is 13.3. The van der Waals surface area contributed by atoms with Crippen molar-refractivity contribution >= 4 is 16.9 Å². The Bertz CT molecular complexity index is 1210. The number of benzene rings is 2. The molecule has 1 N–H and O–H groups in total. The number of ether oxygens (including phenoxy) is 1. The minimum Gasteiger partial charge on any atom is -0.370 e. The second kappa shape index (κ2) is 10.9. The fourth-order valence-electron chi connectivity index (χ4n) is 6.19. The first-order chi connectivity index (χ1) is 17.7. The molecule has 0 unspecified atom stereocenters. The molecule has 2 atom stereocenters. The molecule has 1 aliphatic heterocycles. The minimum absolute atomic E-state index is 0.0805. The van der Waals surface area contributed by atoms with Crippen LogP contribution in [-0.4, -0.2) is 52.7 Å². The molecule has 6 heteroatoms. The molecule has 2 aliphatic rings. The summed E-state index contributed by atoms with van der Waals surface area (Å²) in [7, 11) is 0. The number of nitrogens with zero attached hydrogens (tertiary/aromatic N) is 3. The summed E-state index contributed by atoms with van der Waals surface area (Å²) in [5.74, 6) is 0.502. The van der Waals surface area contributed by atoms with Gasteiger partial charge in [-0.25, -0.2) is 10.2 Å². The van der Waals surface area contributed by atoms with Gasteiger partial charge in [-0.3, -0.25) is 9.58 Å². The Hall–Kier alpha value is -3.09. The van der Waals surface area contributed by atoms with Gasteiger partial charge < -0.3 is 9.64 Å². The average molecular weight is 487 g/mol. The number of rotatable bonds is 9. The predicted octanol–water partition coefficient (Wildman–Crippen LogP) is 5.65. The smallest absolute Gasteiger partial charge is 0.336 e. The lowest BCUT2D eigenvalue weighted by molar-refractivity contribution is 0.101. The van der Waals surface area contributed by atoms with Gasteiger partial charge in [0.05, 0.1) is 24.4 Å². The van der Waals surface area contributed by atoms with Crippen molar-refractivity contribution in [3.8, 4) is 0 Å². The Balaban J connectivity index is 1.56. The van der Waals surface area contributed by atoms with Crippen molar-refractivity contribution in [2.75, 3.05) is 31.6 Å². The van der Waals surface area contributed by atoms with E-state index in [4.69, 9.17) is 4.74 Å². The number of nitrogens with one attached hydrogen (secondary N) is 1. The number of likely N-dealkylation sites (tertiary alicyclic amines) is 1. The van der Waals surface area contributed by atoms with E-state index in [0.29, 0.717) is 38.3 Å². The Morgan fingerprint density at radius 3 is 2.69 bits per heavy atom. The lowest BCUT2D eigenvalue weighted by atomic mass is 9.74. The maximum absolute atomic E-state index is 13.2. The summed E-state index contributed by atoms with van der Waals surface area (Å²) in [6, 6.07) is 17.2. The lowest BCUT2D eigenvalue weighted by Gasteiger charge is -2.44. The molecule has 5 rings (SSSR count). The van der Waals surface area contributed by atoms with Gasteiger partial charge in [-0.2, -0.15) is 0 Å². The number of hydrogen-bond acceptors (Lipinski definition) is 3. The Kier molecular flexibility index (Phi) is 7.44. The van der Waals surface area contributed by atoms with Crippen molar-refractivity contribution in [1.82, 2.24) is 14.5 Å². The topological polar surface area (TPSA) is 49.7 Å². The molecule has 2 aromatic carbocycles. The van der Waals surface area contributed by atoms with Gasteiger partial charge in [0.25, 0.3) is 0 Å². The lowest BCUT2D eigenvalue weighted by Crippen LogP contribution is -2.46. The van der Waals surface area contributed by atoms with E-state index < -0.39 is 0 Å². The normalized spacial score (nSPS) is 19.2. The standard InChI is InChI=1S/C30H38N4O2/c1-4-17-33-18-11-15-23-24-14-10-16-26-29(24)25(19-27(23)33)28(21-36-20-22-12-8-7-9-13-22)34(26)31-30(35)32(5-2)6-3/h4,7-10,12-14,16,23,27H,1,5-6,11,15,17-21H2,2-3H3,(H,31,35)/t23-,27-/m1/s1. The Morgan fingerprint density at radius 1 is 1.14 bits per heavy atom. The molecular weight excluding hydrogens is 448 g/mol. The van der Waals surface area contributed by atoms with Gasteiger partial charge in [-0.1, -0.05) is 48.5 Å². The van der Waals surface area contributed by atoms with E-state index in [-0.39, 0.29) is 6.03 Å². The van der Waals surface area contributed by atoms with Gasteiger partial charge in [0.1, 0.15) is 0 Å². The highest BCUT2D eigenvalue weighted by atomic mass is 16.5. The minimum atomic E-state index is -0.0805. The van der Waals surface area contributed by atoms with Gasteiger partial charge in [0.15, 0.2) is 0 Å². The van der Waals surface area contributed by atoms with Crippen LogP contribution in [0.2, 0.25) is 0 Å². The van der Waals surface area contributed by atoms with E-state index in [1.54, 1.807) is 0 Å². The van der Waals surface area contributed by atoms with Crippen LogP contribution >= 0.6 is 0 Å². The number of piperidine rings is 1. The third-order valence-electron chi connectivity index (χ3n) is 7.91. The molecular formula is C30H38N4O2. The van der Waals surface area contributed by atoms with Crippen LogP contribution in [-0.2, 0) is 24.4 Å². The van der Waals surface area contributed by atoms with E-state index in [1.807, 2.05) is 47.7 Å². The zero-order chi connectivity index (χ0) is 25.1. The van der Waals surface area contributed by atoms with Crippen molar-refractivity contribution in [3.05, 3.63) is 83.6 Å². The van der Waals surface area contributed by atoms with Crippen LogP contribution in [0.15, 0.2) is 61.2 Å². The van der Waals surface area contributed by atoms with E-state index >= 15 is 0 Å². The molecule has 36 heavy (non-hydrogen) atoms. The van der Waals surface area contributed by atoms with Crippen molar-refractivity contribution in [3.63, 3.8) is 0 Å². The molecule has 0 bridgehead atoms. The molecule has 190 valence electrons. The van der Waals surface area contributed by atoms with Crippen LogP contribution in [0.1, 0.15) is 55.0 Å². The number of fused-ring (bicyclic) bond motifs is 2. The fraction of sp³-hybridized carbons (Fsp3) is 0.433. The first kappa shape index (κ1) is 24.6. The van der Waals surface area contributed by atoms with Crippen LogP contribution < -0.4 is 5.43 Å². The van der Waals surface area contributed by atoms with E-state index in [9.17, 15) is 4.79 Å². The number of amides is 2. The molecule has 1 saturated heterocycles. The highest BCUT2D eigenvalue weighted by Gasteiger charge is 2.39. The third-order valence-corrected chi connectivity index (χ3v) is 7.91. The van der Waals surface area contributed by atoms with Crippen molar-refractivity contribution < 1.29 is 9.53 Å². The third kappa shape index (κ3) is 4.56. The van der Waals surface area contributed by atoms with Crippen LogP contribution in [0, 0.1) is 0 Å². The van der Waals surface area contributed by atoms with Gasteiger partial charge in [0.2, 0.25) is 0 Å². The number of urea groups is 1. The summed E-state index contributed by atoms with van der Waals surface area (Å²) in [5.41, 5.74) is 9.21. The highest BCUT2D eigenvalue weighted by molar-refractivity contribution is 5.93. The molecule has 3 aromatic rings. The average Bonchev–Trinajstić information content (AvgIpc) is 3.19. The fourth-order valence-corrected chi connectivity index (χ4v) is 6.19. The summed E-state index contributed by atoms with van der Waals surface area (Å²) >= 11 is 0. The Morgan fingerprint density at radius 2 is 1.94 bits per heavy atom. The largest absolute Gasteiger partial charge is 0.370 e. The number of aromatic nitrogens is 1. The van der Waals surface area contributed by atoms with E-state index in [2.05, 4.69) is 47.2 Å². The van der Waals surface area contributed by atoms with E-state index in [0.717, 1.165) is 36.3 Å². The second-order valence-electron chi connectivity index (χ2n) is 9.87. The summed E-state index contributed by atoms with van der Waals surface area (Å²) in [6.07, 6.45) is 5.39. The van der Waals surface area contributed by atoms with Crippen molar-refractivity contribution in [1.29, 1.82) is 0 Å². The van der Waals surface area contributed by atoms with Crippen LogP contribution in [0.4, 0.5) is 4.79 Å². The molecule has 1 fully saturated rings. The quantitative estimate of drug-likeness (QED) is 0.398. The molecule has 2 amide bonds. The summed E-state index contributed by atoms with van der Waals surface area (Å²) in [6.45, 7) is 12.4. The molecule has 6 nitrogen and oxygen atoms in total. The molecule has 0 saturated carbocycles. The van der Waals surface area contributed by atoms with Crippen LogP contribution in [0.3, 0.4) is 0 Å². The maximum atomic E-state index is 13.2. The second-order valence-corrected chi connectivity index (χ2v) is 9.87. The zero-order valence-electron chi connectivity index (χ0n) is 21.6. The monoisotopic (exact) mass is 486 g/mol. The van der Waals surface area contributed by atoms with Crippen molar-refractivity contribution in [2.24, 2.45) is 0 Å². The number of carbonyl (C=O) groups is 1. The molecule has 1 aromatic heterocycles. The summed E-state index contributed by atoms with van der Waals surface area (Å²) in [5, 5.41) is 1.30.